The number of hydrogen-bond donors (Lipinski definition) is 4. The van der Waals surface area contributed by atoms with Crippen LogP contribution in [0.5, 0.6) is 0 Å². The number of unbranched alkanes of at least 4 members (excludes halogenated alkanes) is 2. The predicted molar refractivity (Wildman–Crippen MR) is 101 cm³/mol. The molecule has 4 N–H and O–H groups in total. The Balaban J connectivity index is 4.54. The third-order valence-corrected chi connectivity index (χ3v) is 4.11. The molecule has 0 spiro atoms. The molecule has 2 unspecified atom stereocenters. The molecule has 0 aliphatic heterocycles. The van der Waals surface area contributed by atoms with Crippen LogP contribution in [0.1, 0.15) is 60.3 Å². The number of hydrogen-bond acceptors (Lipinski definition) is 7. The number of ether oxygens (including phenoxy) is 2. The summed E-state index contributed by atoms with van der Waals surface area (Å²) < 4.78 is 11.2. The second-order valence-corrected chi connectivity index (χ2v) is 7.81. The fourth-order valence-electron chi connectivity index (χ4n) is 2.33. The Kier molecular flexibility index (Phi) is 12.7. The zero-order valence-electron chi connectivity index (χ0n) is 17.2. The smallest absolute Gasteiger partial charge is 0.217 e. The van der Waals surface area contributed by atoms with Crippen molar-refractivity contribution in [1.82, 2.24) is 5.32 Å². The molecule has 0 rings (SSSR count). The van der Waals surface area contributed by atoms with Crippen molar-refractivity contribution in [3.8, 4) is 0 Å². The van der Waals surface area contributed by atoms with Crippen molar-refractivity contribution in [1.29, 1.82) is 0 Å². The van der Waals surface area contributed by atoms with Crippen LogP contribution in [0.2, 0.25) is 0 Å². The van der Waals surface area contributed by atoms with Crippen LogP contribution in [0.4, 0.5) is 0 Å². The number of Topliss-reactive ketones (excluding diaryl/α,β-unsaturated/α-hetero) is 1. The molecule has 0 aromatic carbocycles. The van der Waals surface area contributed by atoms with Crippen molar-refractivity contribution in [3.05, 3.63) is 0 Å². The van der Waals surface area contributed by atoms with E-state index in [2.05, 4.69) is 5.32 Å². The molecule has 0 radical (unpaired) electrons. The Labute approximate surface area is 162 Å². The van der Waals surface area contributed by atoms with Crippen LogP contribution in [-0.2, 0) is 19.1 Å². The summed E-state index contributed by atoms with van der Waals surface area (Å²) in [6.45, 7) is 7.93. The van der Waals surface area contributed by atoms with Crippen LogP contribution in [0, 0.1) is 5.41 Å². The first-order chi connectivity index (χ1) is 12.5. The van der Waals surface area contributed by atoms with Crippen molar-refractivity contribution < 1.29 is 34.4 Å². The van der Waals surface area contributed by atoms with E-state index in [9.17, 15) is 24.9 Å². The van der Waals surface area contributed by atoms with Gasteiger partial charge in [0.2, 0.25) is 5.91 Å². The third-order valence-electron chi connectivity index (χ3n) is 4.11. The first-order valence-electron chi connectivity index (χ1n) is 9.50. The lowest BCUT2D eigenvalue weighted by atomic mass is 9.88. The lowest BCUT2D eigenvalue weighted by Gasteiger charge is -2.30. The van der Waals surface area contributed by atoms with Crippen molar-refractivity contribution in [2.45, 2.75) is 84.8 Å². The summed E-state index contributed by atoms with van der Waals surface area (Å²) in [5.41, 5.74) is -0.331. The maximum atomic E-state index is 11.9. The van der Waals surface area contributed by atoms with Gasteiger partial charge in [-0.2, -0.15) is 0 Å². The quantitative estimate of drug-likeness (QED) is 0.254. The lowest BCUT2D eigenvalue weighted by Crippen LogP contribution is -2.50. The van der Waals surface area contributed by atoms with Gasteiger partial charge in [-0.05, 0) is 19.8 Å². The van der Waals surface area contributed by atoms with Gasteiger partial charge in [-0.15, -0.1) is 0 Å². The normalized spacial score (nSPS) is 16.4. The molecule has 0 bridgehead atoms. The van der Waals surface area contributed by atoms with Gasteiger partial charge < -0.3 is 30.1 Å². The number of nitrogens with one attached hydrogen (secondary N) is 1. The van der Waals surface area contributed by atoms with Crippen LogP contribution in [0.15, 0.2) is 0 Å². The molecule has 0 aromatic rings. The zero-order chi connectivity index (χ0) is 21.0. The molecule has 4 atom stereocenters. The standard InChI is InChI=1S/C19H37NO7/c1-13(23)16(12-22)27-18(15(11-21)20-14(2)24)26-10-8-6-7-9-17(25)19(3,4)5/h13,15-16,18,21-23H,6-12H2,1-5H3,(H,20,24)/t13-,15+,16?,18?/m1/s1. The minimum Gasteiger partial charge on any atom is -0.394 e. The van der Waals surface area contributed by atoms with Gasteiger partial charge in [0.25, 0.3) is 0 Å². The van der Waals surface area contributed by atoms with Gasteiger partial charge in [-0.3, -0.25) is 9.59 Å². The van der Waals surface area contributed by atoms with Crippen molar-refractivity contribution in [3.63, 3.8) is 0 Å². The Bertz CT molecular complexity index is 434. The van der Waals surface area contributed by atoms with Crippen molar-refractivity contribution in [2.24, 2.45) is 5.41 Å². The molecule has 8 heteroatoms. The summed E-state index contributed by atoms with van der Waals surface area (Å²) in [6.07, 6.45) is -0.118. The zero-order valence-corrected chi connectivity index (χ0v) is 17.2. The Morgan fingerprint density at radius 2 is 1.70 bits per heavy atom. The number of ketones is 1. The van der Waals surface area contributed by atoms with E-state index in [4.69, 9.17) is 9.47 Å². The molecule has 0 fully saturated rings. The lowest BCUT2D eigenvalue weighted by molar-refractivity contribution is -0.214. The summed E-state index contributed by atoms with van der Waals surface area (Å²) in [7, 11) is 0. The van der Waals surface area contributed by atoms with Crippen LogP contribution in [-0.4, -0.2) is 71.4 Å². The van der Waals surface area contributed by atoms with E-state index in [1.165, 1.54) is 13.8 Å². The molecule has 0 saturated carbocycles. The molecule has 0 heterocycles. The number of rotatable bonds is 14. The molecular formula is C19H37NO7. The van der Waals surface area contributed by atoms with Crippen LogP contribution >= 0.6 is 0 Å². The fraction of sp³-hybridized carbons (Fsp3) is 0.895. The van der Waals surface area contributed by atoms with Gasteiger partial charge in [-0.1, -0.05) is 27.2 Å². The van der Waals surface area contributed by atoms with Crippen LogP contribution in [0.25, 0.3) is 0 Å². The highest BCUT2D eigenvalue weighted by molar-refractivity contribution is 5.83. The summed E-state index contributed by atoms with van der Waals surface area (Å²) in [6, 6.07) is -0.822. The molecule has 0 aromatic heterocycles. The largest absolute Gasteiger partial charge is 0.394 e. The average Bonchev–Trinajstić information content (AvgIpc) is 2.56. The maximum absolute atomic E-state index is 11.9. The highest BCUT2D eigenvalue weighted by Gasteiger charge is 2.28. The second kappa shape index (κ2) is 13.2. The van der Waals surface area contributed by atoms with Crippen LogP contribution < -0.4 is 5.32 Å². The highest BCUT2D eigenvalue weighted by atomic mass is 16.7. The van der Waals surface area contributed by atoms with E-state index in [0.717, 1.165) is 12.8 Å². The molecule has 160 valence electrons. The number of carbonyl (C=O) groups excluding carboxylic acids is 2. The van der Waals surface area contributed by atoms with Gasteiger partial charge in [0.05, 0.1) is 19.3 Å². The van der Waals surface area contributed by atoms with Crippen molar-refractivity contribution in [2.75, 3.05) is 19.8 Å². The SMILES string of the molecule is CC(=O)N[C@@H](CO)C(OCCCCCC(=O)C(C)(C)C)OC(CO)[C@@H](C)O. The minimum absolute atomic E-state index is 0.221. The van der Waals surface area contributed by atoms with E-state index in [1.54, 1.807) is 0 Å². The first-order valence-corrected chi connectivity index (χ1v) is 9.50. The topological polar surface area (TPSA) is 125 Å². The van der Waals surface area contributed by atoms with Crippen molar-refractivity contribution >= 4 is 11.7 Å². The maximum Gasteiger partial charge on any atom is 0.217 e. The third kappa shape index (κ3) is 11.4. The van der Waals surface area contributed by atoms with E-state index in [-0.39, 0.29) is 17.1 Å². The van der Waals surface area contributed by atoms with E-state index in [0.29, 0.717) is 19.4 Å². The molecule has 27 heavy (non-hydrogen) atoms. The van der Waals surface area contributed by atoms with Gasteiger partial charge >= 0.3 is 0 Å². The number of carbonyl (C=O) groups is 2. The Hall–Kier alpha value is -1.06. The van der Waals surface area contributed by atoms with Gasteiger partial charge in [0.15, 0.2) is 6.29 Å². The molecule has 1 amide bonds. The van der Waals surface area contributed by atoms with Gasteiger partial charge in [-0.25, -0.2) is 0 Å². The minimum atomic E-state index is -1.01. The Morgan fingerprint density at radius 3 is 2.15 bits per heavy atom. The Morgan fingerprint density at radius 1 is 1.07 bits per heavy atom. The second-order valence-electron chi connectivity index (χ2n) is 7.81. The summed E-state index contributed by atoms with van der Waals surface area (Å²) >= 11 is 0. The predicted octanol–water partition coefficient (Wildman–Crippen LogP) is 0.760. The molecular weight excluding hydrogens is 354 g/mol. The van der Waals surface area contributed by atoms with Gasteiger partial charge in [0, 0.05) is 25.4 Å². The number of aliphatic hydroxyl groups is 3. The first kappa shape index (κ1) is 25.9. The number of aliphatic hydroxyl groups excluding tert-OH is 3. The molecule has 0 aliphatic carbocycles. The van der Waals surface area contributed by atoms with E-state index >= 15 is 0 Å². The van der Waals surface area contributed by atoms with E-state index < -0.39 is 37.8 Å². The molecule has 8 nitrogen and oxygen atoms in total. The number of amides is 1. The summed E-state index contributed by atoms with van der Waals surface area (Å²) in [5, 5.41) is 31.0. The molecule has 0 saturated heterocycles. The van der Waals surface area contributed by atoms with E-state index in [1.807, 2.05) is 20.8 Å². The summed E-state index contributed by atoms with van der Waals surface area (Å²) in [4.78, 5) is 23.2. The highest BCUT2D eigenvalue weighted by Crippen LogP contribution is 2.18. The van der Waals surface area contributed by atoms with Gasteiger partial charge in [0.1, 0.15) is 17.9 Å². The summed E-state index contributed by atoms with van der Waals surface area (Å²) in [5.74, 6) is -0.136. The average molecular weight is 392 g/mol. The van der Waals surface area contributed by atoms with Crippen LogP contribution in [0.3, 0.4) is 0 Å². The molecule has 0 aliphatic rings. The fourth-order valence-corrected chi connectivity index (χ4v) is 2.33. The monoisotopic (exact) mass is 391 g/mol.